The molecule has 162 valence electrons. The molecule has 6 nitrogen and oxygen atoms in total. The van der Waals surface area contributed by atoms with E-state index in [1.165, 1.54) is 6.42 Å². The van der Waals surface area contributed by atoms with Crippen molar-refractivity contribution in [1.82, 2.24) is 0 Å². The van der Waals surface area contributed by atoms with Crippen LogP contribution in [0.1, 0.15) is 53.6 Å². The van der Waals surface area contributed by atoms with Crippen LogP contribution in [0.15, 0.2) is 36.1 Å². The van der Waals surface area contributed by atoms with Gasteiger partial charge in [-0.25, -0.2) is 0 Å². The predicted octanol–water partition coefficient (Wildman–Crippen LogP) is 5.11. The Kier molecular flexibility index (Phi) is 5.98. The lowest BCUT2D eigenvalue weighted by atomic mass is 9.89. The fourth-order valence-corrected chi connectivity index (χ4v) is 4.17. The Morgan fingerprint density at radius 3 is 2.48 bits per heavy atom. The van der Waals surface area contributed by atoms with Gasteiger partial charge in [0.25, 0.3) is 0 Å². The molecule has 0 spiro atoms. The van der Waals surface area contributed by atoms with E-state index in [4.69, 9.17) is 18.9 Å². The summed E-state index contributed by atoms with van der Waals surface area (Å²) in [5, 5.41) is 0. The molecule has 2 aromatic carbocycles. The number of allylic oxidation sites excluding steroid dienone is 1. The van der Waals surface area contributed by atoms with Gasteiger partial charge in [-0.2, -0.15) is 0 Å². The number of benzene rings is 2. The topological polar surface area (TPSA) is 71.1 Å². The van der Waals surface area contributed by atoms with Crippen LogP contribution in [0.5, 0.6) is 23.0 Å². The van der Waals surface area contributed by atoms with Gasteiger partial charge in [0.05, 0.1) is 25.7 Å². The second kappa shape index (κ2) is 8.84. The third kappa shape index (κ3) is 4.29. The molecule has 0 unspecified atom stereocenters. The van der Waals surface area contributed by atoms with E-state index in [0.29, 0.717) is 34.1 Å². The fraction of sp³-hybridized carbons (Fsp3) is 0.360. The van der Waals surface area contributed by atoms with Crippen LogP contribution in [0.25, 0.3) is 6.08 Å². The number of carbonyl (C=O) groups is 2. The van der Waals surface area contributed by atoms with Crippen LogP contribution >= 0.6 is 0 Å². The van der Waals surface area contributed by atoms with Crippen LogP contribution in [0.2, 0.25) is 0 Å². The Morgan fingerprint density at radius 2 is 1.77 bits per heavy atom. The molecule has 6 heteroatoms. The minimum atomic E-state index is -0.204. The van der Waals surface area contributed by atoms with Crippen LogP contribution < -0.4 is 18.9 Å². The summed E-state index contributed by atoms with van der Waals surface area (Å²) in [5.74, 6) is 1.73. The zero-order valence-corrected chi connectivity index (χ0v) is 18.0. The summed E-state index contributed by atoms with van der Waals surface area (Å²) in [6.07, 6.45) is 6.70. The largest absolute Gasteiger partial charge is 0.493 e. The van der Waals surface area contributed by atoms with Gasteiger partial charge in [-0.15, -0.1) is 0 Å². The Hall–Kier alpha value is -3.28. The molecule has 1 heterocycles. The molecule has 0 amide bonds. The highest BCUT2D eigenvalue weighted by Crippen LogP contribution is 2.38. The van der Waals surface area contributed by atoms with Crippen molar-refractivity contribution >= 4 is 17.8 Å². The molecule has 2 aliphatic rings. The van der Waals surface area contributed by atoms with E-state index < -0.39 is 0 Å². The zero-order valence-electron chi connectivity index (χ0n) is 18.0. The summed E-state index contributed by atoms with van der Waals surface area (Å²) in [5.41, 5.74) is 1.95. The third-order valence-electron chi connectivity index (χ3n) is 5.81. The first-order valence-electron chi connectivity index (χ1n) is 10.5. The van der Waals surface area contributed by atoms with Gasteiger partial charge >= 0.3 is 5.97 Å². The third-order valence-corrected chi connectivity index (χ3v) is 5.81. The summed E-state index contributed by atoms with van der Waals surface area (Å²) in [6.45, 7) is 1.82. The van der Waals surface area contributed by atoms with Crippen molar-refractivity contribution in [2.45, 2.75) is 39.0 Å². The molecule has 0 bridgehead atoms. The number of carbonyl (C=O) groups excluding carboxylic acids is 2. The number of esters is 1. The highest BCUT2D eigenvalue weighted by atomic mass is 16.5. The zero-order chi connectivity index (χ0) is 22.0. The minimum Gasteiger partial charge on any atom is -0.493 e. The Morgan fingerprint density at radius 1 is 1.03 bits per heavy atom. The lowest BCUT2D eigenvalue weighted by molar-refractivity contribution is -0.139. The second-order valence-corrected chi connectivity index (χ2v) is 7.92. The number of hydrogen-bond donors (Lipinski definition) is 0. The Balaban J connectivity index is 1.56. The molecular formula is C25H26O6. The van der Waals surface area contributed by atoms with Crippen LogP contribution in [-0.2, 0) is 4.79 Å². The van der Waals surface area contributed by atoms with Gasteiger partial charge in [-0.1, -0.05) is 25.3 Å². The Bertz CT molecular complexity index is 1050. The van der Waals surface area contributed by atoms with Crippen molar-refractivity contribution in [2.24, 2.45) is 5.92 Å². The quantitative estimate of drug-likeness (QED) is 0.379. The number of methoxy groups -OCH3 is 2. The molecule has 0 N–H and O–H groups in total. The van der Waals surface area contributed by atoms with Crippen molar-refractivity contribution in [2.75, 3.05) is 14.2 Å². The average Bonchev–Trinajstić information content (AvgIpc) is 3.09. The molecule has 0 saturated heterocycles. The van der Waals surface area contributed by atoms with E-state index >= 15 is 0 Å². The first-order chi connectivity index (χ1) is 15.0. The van der Waals surface area contributed by atoms with E-state index in [2.05, 4.69) is 0 Å². The number of ether oxygens (including phenoxy) is 4. The summed E-state index contributed by atoms with van der Waals surface area (Å²) in [6, 6.07) is 8.70. The van der Waals surface area contributed by atoms with Crippen molar-refractivity contribution in [3.8, 4) is 23.0 Å². The van der Waals surface area contributed by atoms with E-state index in [1.54, 1.807) is 44.6 Å². The molecule has 1 fully saturated rings. The maximum absolute atomic E-state index is 12.9. The number of rotatable bonds is 5. The lowest BCUT2D eigenvalue weighted by Gasteiger charge is -2.20. The molecule has 0 atom stereocenters. The first-order valence-corrected chi connectivity index (χ1v) is 10.5. The number of ketones is 1. The van der Waals surface area contributed by atoms with Crippen molar-refractivity contribution in [3.63, 3.8) is 0 Å². The van der Waals surface area contributed by atoms with Crippen LogP contribution in [0.3, 0.4) is 0 Å². The summed E-state index contributed by atoms with van der Waals surface area (Å²) >= 11 is 0. The summed E-state index contributed by atoms with van der Waals surface area (Å²) in [7, 11) is 3.12. The SMILES string of the molecule is COc1ccc(/C=C2\Oc3cc(OC(=O)C4CCCCC4)cc(C)c3C2=O)cc1OC. The lowest BCUT2D eigenvalue weighted by Crippen LogP contribution is -2.22. The highest BCUT2D eigenvalue weighted by molar-refractivity contribution is 6.15. The molecule has 0 radical (unpaired) electrons. The molecule has 1 aliphatic carbocycles. The van der Waals surface area contributed by atoms with Gasteiger partial charge in [-0.3, -0.25) is 9.59 Å². The van der Waals surface area contributed by atoms with Crippen molar-refractivity contribution < 1.29 is 28.5 Å². The molecular weight excluding hydrogens is 396 g/mol. The van der Waals surface area contributed by atoms with Gasteiger partial charge in [-0.05, 0) is 55.2 Å². The molecule has 2 aromatic rings. The molecule has 1 saturated carbocycles. The number of Topliss-reactive ketones (excluding diaryl/α,β-unsaturated/α-hetero) is 1. The van der Waals surface area contributed by atoms with Crippen molar-refractivity contribution in [1.29, 1.82) is 0 Å². The van der Waals surface area contributed by atoms with Gasteiger partial charge in [0.2, 0.25) is 5.78 Å². The Labute approximate surface area is 181 Å². The maximum atomic E-state index is 12.9. The summed E-state index contributed by atoms with van der Waals surface area (Å²) in [4.78, 5) is 25.4. The van der Waals surface area contributed by atoms with E-state index in [0.717, 1.165) is 31.2 Å². The second-order valence-electron chi connectivity index (χ2n) is 7.92. The van der Waals surface area contributed by atoms with Gasteiger partial charge in [0.1, 0.15) is 11.5 Å². The standard InChI is InChI=1S/C25H26O6/c1-15-11-18(30-25(27)17-7-5-4-6-8-17)14-21-23(15)24(26)22(31-21)13-16-9-10-19(28-2)20(12-16)29-3/h9-14,17H,4-8H2,1-3H3/b22-13-. The predicted molar refractivity (Wildman–Crippen MR) is 116 cm³/mol. The normalized spacial score (nSPS) is 17.3. The van der Waals surface area contributed by atoms with Crippen molar-refractivity contribution in [3.05, 3.63) is 52.8 Å². The van der Waals surface area contributed by atoms with Gasteiger partial charge in [0, 0.05) is 6.07 Å². The number of hydrogen-bond acceptors (Lipinski definition) is 6. The molecule has 4 rings (SSSR count). The fourth-order valence-electron chi connectivity index (χ4n) is 4.17. The number of fused-ring (bicyclic) bond motifs is 1. The number of aryl methyl sites for hydroxylation is 1. The molecule has 1 aliphatic heterocycles. The van der Waals surface area contributed by atoms with E-state index in [1.807, 2.05) is 13.0 Å². The first kappa shape index (κ1) is 21.0. The average molecular weight is 422 g/mol. The van der Waals surface area contributed by atoms with E-state index in [9.17, 15) is 9.59 Å². The highest BCUT2D eigenvalue weighted by Gasteiger charge is 2.31. The smallest absolute Gasteiger partial charge is 0.314 e. The maximum Gasteiger partial charge on any atom is 0.314 e. The summed E-state index contributed by atoms with van der Waals surface area (Å²) < 4.78 is 22.0. The molecule has 31 heavy (non-hydrogen) atoms. The minimum absolute atomic E-state index is 0.0506. The van der Waals surface area contributed by atoms with Crippen LogP contribution in [0.4, 0.5) is 0 Å². The van der Waals surface area contributed by atoms with Gasteiger partial charge in [0.15, 0.2) is 17.3 Å². The van der Waals surface area contributed by atoms with Gasteiger partial charge < -0.3 is 18.9 Å². The molecule has 0 aromatic heterocycles. The van der Waals surface area contributed by atoms with Crippen LogP contribution in [0, 0.1) is 12.8 Å². The van der Waals surface area contributed by atoms with E-state index in [-0.39, 0.29) is 23.4 Å². The van der Waals surface area contributed by atoms with Crippen LogP contribution in [-0.4, -0.2) is 26.0 Å². The monoisotopic (exact) mass is 422 g/mol.